The maximum atomic E-state index is 12.6. The van der Waals surface area contributed by atoms with Gasteiger partial charge in [-0.25, -0.2) is 4.79 Å². The summed E-state index contributed by atoms with van der Waals surface area (Å²) in [5.41, 5.74) is 1.16. The van der Waals surface area contributed by atoms with Gasteiger partial charge in [0.2, 0.25) is 0 Å². The Morgan fingerprint density at radius 2 is 1.81 bits per heavy atom. The fourth-order valence-corrected chi connectivity index (χ4v) is 4.46. The average Bonchev–Trinajstić information content (AvgIpc) is 2.57. The van der Waals surface area contributed by atoms with Crippen LogP contribution in [0.3, 0.4) is 0 Å². The molecule has 0 saturated heterocycles. The summed E-state index contributed by atoms with van der Waals surface area (Å²) in [5, 5.41) is 1.06. The van der Waals surface area contributed by atoms with Gasteiger partial charge in [0.25, 0.3) is 0 Å². The number of hydrogen-bond acceptors (Lipinski definition) is 5. The van der Waals surface area contributed by atoms with Crippen LogP contribution in [0.1, 0.15) is 24.5 Å². The number of benzene rings is 2. The van der Waals surface area contributed by atoms with Gasteiger partial charge >= 0.3 is 15.7 Å². The van der Waals surface area contributed by atoms with Gasteiger partial charge in [0.1, 0.15) is 16.2 Å². The van der Waals surface area contributed by atoms with Crippen molar-refractivity contribution in [3.63, 3.8) is 0 Å². The summed E-state index contributed by atoms with van der Waals surface area (Å²) < 4.78 is 35.6. The molecule has 0 fully saturated rings. The molecule has 0 unspecified atom stereocenters. The van der Waals surface area contributed by atoms with Crippen LogP contribution in [0.15, 0.2) is 50.5 Å². The van der Waals surface area contributed by atoms with Gasteiger partial charge < -0.3 is 8.60 Å². The molecule has 0 radical (unpaired) electrons. The Balaban J connectivity index is 2.04. The maximum absolute atomic E-state index is 12.6. The van der Waals surface area contributed by atoms with Crippen molar-refractivity contribution in [3.8, 4) is 5.75 Å². The lowest BCUT2D eigenvalue weighted by Crippen LogP contribution is -2.11. The van der Waals surface area contributed by atoms with E-state index in [2.05, 4.69) is 0 Å². The molecule has 1 aromatic heterocycles. The van der Waals surface area contributed by atoms with Crippen LogP contribution in [-0.2, 0) is 16.5 Å². The highest BCUT2D eigenvalue weighted by atomic mass is 35.5. The molecule has 27 heavy (non-hydrogen) atoms. The van der Waals surface area contributed by atoms with Crippen molar-refractivity contribution in [2.75, 3.05) is 0 Å². The first-order chi connectivity index (χ1) is 12.7. The van der Waals surface area contributed by atoms with E-state index in [1.165, 1.54) is 30.3 Å². The lowest BCUT2D eigenvalue weighted by molar-refractivity contribution is 0.485. The molecule has 0 aliphatic heterocycles. The third-order valence-corrected chi connectivity index (χ3v) is 6.13. The number of rotatable bonds is 5. The van der Waals surface area contributed by atoms with Crippen LogP contribution in [0.4, 0.5) is 0 Å². The second kappa shape index (κ2) is 7.54. The van der Waals surface area contributed by atoms with Gasteiger partial charge in [0, 0.05) is 22.5 Å². The molecule has 142 valence electrons. The van der Waals surface area contributed by atoms with Crippen molar-refractivity contribution < 1.29 is 17.0 Å². The van der Waals surface area contributed by atoms with Gasteiger partial charge in [-0.1, -0.05) is 36.5 Å². The first-order valence-electron chi connectivity index (χ1n) is 8.18. The van der Waals surface area contributed by atoms with Crippen molar-refractivity contribution in [3.05, 3.63) is 68.0 Å². The summed E-state index contributed by atoms with van der Waals surface area (Å²) in [6, 6.07) is 8.70. The minimum absolute atomic E-state index is 0.0166. The molecule has 0 amide bonds. The van der Waals surface area contributed by atoms with Crippen LogP contribution in [0.2, 0.25) is 10.0 Å². The van der Waals surface area contributed by atoms with Crippen molar-refractivity contribution in [2.24, 2.45) is 0 Å². The van der Waals surface area contributed by atoms with Crippen LogP contribution < -0.4 is 9.81 Å². The zero-order valence-electron chi connectivity index (χ0n) is 14.6. The van der Waals surface area contributed by atoms with E-state index in [0.717, 1.165) is 17.4 Å². The molecule has 0 atom stereocenters. The van der Waals surface area contributed by atoms with Crippen molar-refractivity contribution in [1.29, 1.82) is 0 Å². The molecule has 0 bridgehead atoms. The smallest absolute Gasteiger partial charge is 0.340 e. The molecule has 0 aliphatic carbocycles. The van der Waals surface area contributed by atoms with Crippen LogP contribution in [0.5, 0.6) is 5.75 Å². The first-order valence-corrected chi connectivity index (χ1v) is 10.3. The normalized spacial score (nSPS) is 11.7. The zero-order valence-corrected chi connectivity index (χ0v) is 16.9. The van der Waals surface area contributed by atoms with Crippen molar-refractivity contribution in [2.45, 2.75) is 31.6 Å². The second-order valence-corrected chi connectivity index (χ2v) is 8.40. The lowest BCUT2D eigenvalue weighted by Gasteiger charge is -2.11. The number of hydrogen-bond donors (Lipinski definition) is 0. The fourth-order valence-electron chi connectivity index (χ4n) is 2.73. The minimum Gasteiger partial charge on any atom is -0.423 e. The van der Waals surface area contributed by atoms with Gasteiger partial charge in [-0.05, 0) is 48.7 Å². The standard InChI is InChI=1S/C19H16Cl2O5S/c1-3-4-12-8-19(22)25-17-9-13(5-6-14(12)17)26-27(23,24)18-7-11(2)15(20)10-16(18)21/h5-10H,3-4H2,1-2H3. The highest BCUT2D eigenvalue weighted by molar-refractivity contribution is 7.87. The molecule has 5 nitrogen and oxygen atoms in total. The van der Waals surface area contributed by atoms with E-state index < -0.39 is 15.7 Å². The highest BCUT2D eigenvalue weighted by Crippen LogP contribution is 2.31. The van der Waals surface area contributed by atoms with Crippen molar-refractivity contribution in [1.82, 2.24) is 0 Å². The molecule has 3 aromatic rings. The largest absolute Gasteiger partial charge is 0.423 e. The molecule has 8 heteroatoms. The molecule has 2 aromatic carbocycles. The van der Waals surface area contributed by atoms with E-state index >= 15 is 0 Å². The van der Waals surface area contributed by atoms with Crippen LogP contribution in [0.25, 0.3) is 11.0 Å². The first kappa shape index (κ1) is 19.7. The lowest BCUT2D eigenvalue weighted by atomic mass is 10.1. The predicted molar refractivity (Wildman–Crippen MR) is 105 cm³/mol. The summed E-state index contributed by atoms with van der Waals surface area (Å²) in [6.45, 7) is 3.67. The van der Waals surface area contributed by atoms with Gasteiger partial charge in [-0.3, -0.25) is 0 Å². The van der Waals surface area contributed by atoms with E-state index in [1.54, 1.807) is 13.0 Å². The number of halogens is 2. The Labute approximate surface area is 166 Å². The Hall–Kier alpha value is -2.02. The molecule has 0 spiro atoms. The molecule has 3 rings (SSSR count). The number of aryl methyl sites for hydroxylation is 2. The Kier molecular flexibility index (Phi) is 5.51. The third kappa shape index (κ3) is 4.13. The third-order valence-electron chi connectivity index (χ3n) is 4.01. The van der Waals surface area contributed by atoms with Crippen LogP contribution >= 0.6 is 23.2 Å². The van der Waals surface area contributed by atoms with E-state index in [0.29, 0.717) is 17.0 Å². The topological polar surface area (TPSA) is 73.6 Å². The molecular formula is C19H16Cl2O5S. The Morgan fingerprint density at radius 3 is 2.52 bits per heavy atom. The highest BCUT2D eigenvalue weighted by Gasteiger charge is 2.22. The fraction of sp³-hybridized carbons (Fsp3) is 0.211. The van der Waals surface area contributed by atoms with Gasteiger partial charge in [-0.2, -0.15) is 8.42 Å². The molecule has 0 saturated carbocycles. The molecular weight excluding hydrogens is 411 g/mol. The quantitative estimate of drug-likeness (QED) is 0.417. The van der Waals surface area contributed by atoms with E-state index in [-0.39, 0.29) is 21.3 Å². The van der Waals surface area contributed by atoms with Gasteiger partial charge in [-0.15, -0.1) is 0 Å². The van der Waals surface area contributed by atoms with Crippen LogP contribution in [-0.4, -0.2) is 8.42 Å². The summed E-state index contributed by atoms with van der Waals surface area (Å²) >= 11 is 12.0. The molecule has 0 aliphatic rings. The maximum Gasteiger partial charge on any atom is 0.340 e. The average molecular weight is 427 g/mol. The van der Waals surface area contributed by atoms with E-state index in [1.807, 2.05) is 6.92 Å². The predicted octanol–water partition coefficient (Wildman–Crippen LogP) is 5.13. The Bertz CT molecular complexity index is 1180. The van der Waals surface area contributed by atoms with Crippen molar-refractivity contribution >= 4 is 44.3 Å². The molecule has 1 heterocycles. The minimum atomic E-state index is -4.19. The summed E-state index contributed by atoms with van der Waals surface area (Å²) in [5.74, 6) is 0.0166. The summed E-state index contributed by atoms with van der Waals surface area (Å²) in [7, 11) is -4.19. The number of fused-ring (bicyclic) bond motifs is 1. The zero-order chi connectivity index (χ0) is 19.8. The van der Waals surface area contributed by atoms with Gasteiger partial charge in [0.15, 0.2) is 0 Å². The van der Waals surface area contributed by atoms with E-state index in [9.17, 15) is 13.2 Å². The molecule has 0 N–H and O–H groups in total. The van der Waals surface area contributed by atoms with E-state index in [4.69, 9.17) is 31.8 Å². The van der Waals surface area contributed by atoms with Crippen LogP contribution in [0, 0.1) is 6.92 Å². The van der Waals surface area contributed by atoms with Gasteiger partial charge in [0.05, 0.1) is 5.02 Å². The Morgan fingerprint density at radius 1 is 1.07 bits per heavy atom. The second-order valence-electron chi connectivity index (χ2n) is 6.07. The monoisotopic (exact) mass is 426 g/mol. The summed E-state index contributed by atoms with van der Waals surface area (Å²) in [6.07, 6.45) is 1.57. The summed E-state index contributed by atoms with van der Waals surface area (Å²) in [4.78, 5) is 11.6. The SMILES string of the molecule is CCCc1cc(=O)oc2cc(OS(=O)(=O)c3cc(C)c(Cl)cc3Cl)ccc12.